The number of benzene rings is 1. The zero-order valence-corrected chi connectivity index (χ0v) is 16.3. The van der Waals surface area contributed by atoms with Gasteiger partial charge in [0.15, 0.2) is 0 Å². The van der Waals surface area contributed by atoms with Gasteiger partial charge in [-0.25, -0.2) is 10.2 Å². The number of carbonyl (C=O) groups is 1. The van der Waals surface area contributed by atoms with Crippen LogP contribution in [0.4, 0.5) is 4.79 Å². The second-order valence-electron chi connectivity index (χ2n) is 7.36. The van der Waals surface area contributed by atoms with Gasteiger partial charge in [0.2, 0.25) is 0 Å². The number of rotatable bonds is 4. The van der Waals surface area contributed by atoms with E-state index in [1.54, 1.807) is 9.58 Å². The van der Waals surface area contributed by atoms with Crippen molar-refractivity contribution in [1.82, 2.24) is 14.5 Å². The lowest BCUT2D eigenvalue weighted by molar-refractivity contribution is 0.213. The fourth-order valence-electron chi connectivity index (χ4n) is 4.60. The minimum Gasteiger partial charge on any atom is -0.390 e. The molecule has 144 valence electrons. The highest BCUT2D eigenvalue weighted by Crippen LogP contribution is 2.42. The molecule has 1 aromatic carbocycles. The average Bonchev–Trinajstić information content (AvgIpc) is 2.98. The Bertz CT molecular complexity index is 911. The number of aromatic nitrogens is 1. The van der Waals surface area contributed by atoms with Gasteiger partial charge < -0.3 is 10.0 Å². The summed E-state index contributed by atoms with van der Waals surface area (Å²) in [6, 6.07) is 6.42. The normalized spacial score (nSPS) is 19.0. The maximum Gasteiger partial charge on any atom is 0.336 e. The third-order valence-corrected chi connectivity index (χ3v) is 6.06. The largest absolute Gasteiger partial charge is 0.390 e. The van der Waals surface area contributed by atoms with Gasteiger partial charge in [0.25, 0.3) is 0 Å². The first-order valence-electron chi connectivity index (χ1n) is 9.83. The van der Waals surface area contributed by atoms with Gasteiger partial charge in [-0.05, 0) is 56.5 Å². The molecule has 1 aliphatic heterocycles. The number of aliphatic hydroxyl groups excluding tert-OH is 1. The van der Waals surface area contributed by atoms with Crippen molar-refractivity contribution in [2.75, 3.05) is 32.1 Å². The van der Waals surface area contributed by atoms with Crippen molar-refractivity contribution in [3.05, 3.63) is 41.1 Å². The van der Waals surface area contributed by atoms with Crippen LogP contribution in [0.5, 0.6) is 0 Å². The Balaban J connectivity index is 1.87. The van der Waals surface area contributed by atoms with Gasteiger partial charge >= 0.3 is 6.03 Å². The molecule has 0 saturated heterocycles. The number of likely N-dealkylation sites (N-methyl/N-ethyl adjacent to an activating group) is 1. The van der Waals surface area contributed by atoms with Gasteiger partial charge in [0, 0.05) is 31.1 Å². The second kappa shape index (κ2) is 7.02. The molecule has 2 heterocycles. The number of fused-ring (bicyclic) bond motifs is 2. The molecule has 6 nitrogen and oxygen atoms in total. The molecule has 6 heteroatoms. The summed E-state index contributed by atoms with van der Waals surface area (Å²) in [6.07, 6.45) is 4.27. The molecule has 2 amide bonds. The first-order chi connectivity index (χ1) is 13.1. The van der Waals surface area contributed by atoms with E-state index in [1.807, 2.05) is 26.0 Å². The van der Waals surface area contributed by atoms with E-state index < -0.39 is 0 Å². The molecular formula is C21H28N4O2. The van der Waals surface area contributed by atoms with E-state index in [-0.39, 0.29) is 12.6 Å². The Morgan fingerprint density at radius 3 is 2.81 bits per heavy atom. The summed E-state index contributed by atoms with van der Waals surface area (Å²) < 4.78 is 1.80. The number of carbonyl (C=O) groups excluding carboxylic acids is 1. The minimum absolute atomic E-state index is 0.0997. The standard InChI is InChI=1S/C21H28N4O2/c1-4-24(5-2)21(27)22-25-17-10-6-8-15-14-9-7-11-23(3)18(14)12-16(20(15)17)19(25)13-26/h6,8-10,18,26H,4-5,7,11-13H2,1-3H3,(H,22,27)/t18-/m1/s1. The Labute approximate surface area is 160 Å². The molecule has 1 atom stereocenters. The van der Waals surface area contributed by atoms with Crippen molar-refractivity contribution in [2.45, 2.75) is 39.3 Å². The van der Waals surface area contributed by atoms with Crippen LogP contribution in [0.3, 0.4) is 0 Å². The van der Waals surface area contributed by atoms with Crippen molar-refractivity contribution >= 4 is 22.5 Å². The van der Waals surface area contributed by atoms with Crippen LogP contribution in [0.15, 0.2) is 24.3 Å². The summed E-state index contributed by atoms with van der Waals surface area (Å²) in [4.78, 5) is 16.8. The Hall–Kier alpha value is -2.31. The van der Waals surface area contributed by atoms with E-state index >= 15 is 0 Å². The molecule has 1 aromatic heterocycles. The van der Waals surface area contributed by atoms with Crippen molar-refractivity contribution in [2.24, 2.45) is 0 Å². The summed E-state index contributed by atoms with van der Waals surface area (Å²) in [6.45, 7) is 6.18. The highest BCUT2D eigenvalue weighted by Gasteiger charge is 2.34. The SMILES string of the molecule is CCN(CC)C(=O)Nn1c(CO)c2c3c(cccc31)C1=CCCN(C)[C@@H]1C2. The fraction of sp³-hybridized carbons (Fsp3) is 0.476. The van der Waals surface area contributed by atoms with E-state index in [2.05, 4.69) is 29.5 Å². The van der Waals surface area contributed by atoms with Crippen LogP contribution < -0.4 is 5.43 Å². The quantitative estimate of drug-likeness (QED) is 0.872. The molecule has 0 radical (unpaired) electrons. The van der Waals surface area contributed by atoms with E-state index in [0.29, 0.717) is 19.1 Å². The molecule has 2 aromatic rings. The van der Waals surface area contributed by atoms with Crippen LogP contribution in [0, 0.1) is 0 Å². The molecule has 27 heavy (non-hydrogen) atoms. The van der Waals surface area contributed by atoms with Crippen LogP contribution in [-0.2, 0) is 13.0 Å². The molecule has 1 aliphatic carbocycles. The molecular weight excluding hydrogens is 340 g/mol. The molecule has 0 unspecified atom stereocenters. The lowest BCUT2D eigenvalue weighted by Gasteiger charge is -2.37. The van der Waals surface area contributed by atoms with Gasteiger partial charge in [-0.2, -0.15) is 0 Å². The van der Waals surface area contributed by atoms with Crippen molar-refractivity contribution in [3.8, 4) is 0 Å². The molecule has 4 rings (SSSR count). The van der Waals surface area contributed by atoms with Crippen molar-refractivity contribution < 1.29 is 9.90 Å². The Kier molecular flexibility index (Phi) is 4.70. The number of urea groups is 1. The summed E-state index contributed by atoms with van der Waals surface area (Å²) in [7, 11) is 2.17. The first-order valence-corrected chi connectivity index (χ1v) is 9.83. The average molecular weight is 368 g/mol. The van der Waals surface area contributed by atoms with Gasteiger partial charge in [0.1, 0.15) is 0 Å². The molecule has 0 fully saturated rings. The number of nitrogens with one attached hydrogen (secondary N) is 1. The molecule has 0 spiro atoms. The highest BCUT2D eigenvalue weighted by atomic mass is 16.3. The van der Waals surface area contributed by atoms with Crippen molar-refractivity contribution in [3.63, 3.8) is 0 Å². The monoisotopic (exact) mass is 368 g/mol. The molecule has 2 N–H and O–H groups in total. The Morgan fingerprint density at radius 2 is 2.11 bits per heavy atom. The van der Waals surface area contributed by atoms with E-state index in [0.717, 1.165) is 36.2 Å². The lowest BCUT2D eigenvalue weighted by Crippen LogP contribution is -2.39. The summed E-state index contributed by atoms with van der Waals surface area (Å²) >= 11 is 0. The molecule has 2 aliphatic rings. The zero-order chi connectivity index (χ0) is 19.1. The van der Waals surface area contributed by atoms with Crippen LogP contribution in [-0.4, -0.2) is 58.3 Å². The number of aliphatic hydroxyl groups is 1. The van der Waals surface area contributed by atoms with Gasteiger partial charge in [0.05, 0.1) is 17.8 Å². The summed E-state index contributed by atoms with van der Waals surface area (Å²) in [5.74, 6) is 0. The fourth-order valence-corrected chi connectivity index (χ4v) is 4.60. The van der Waals surface area contributed by atoms with Gasteiger partial charge in [-0.3, -0.25) is 9.58 Å². The van der Waals surface area contributed by atoms with Crippen molar-refractivity contribution in [1.29, 1.82) is 0 Å². The van der Waals surface area contributed by atoms with Crippen LogP contribution >= 0.6 is 0 Å². The van der Waals surface area contributed by atoms with Crippen LogP contribution in [0.25, 0.3) is 16.5 Å². The number of hydrogen-bond donors (Lipinski definition) is 2. The smallest absolute Gasteiger partial charge is 0.336 e. The molecule has 0 bridgehead atoms. The predicted octanol–water partition coefficient (Wildman–Crippen LogP) is 2.78. The zero-order valence-electron chi connectivity index (χ0n) is 16.3. The minimum atomic E-state index is -0.142. The van der Waals surface area contributed by atoms with E-state index in [9.17, 15) is 9.90 Å². The van der Waals surface area contributed by atoms with E-state index in [4.69, 9.17) is 0 Å². The lowest BCUT2D eigenvalue weighted by atomic mass is 9.81. The van der Waals surface area contributed by atoms with Gasteiger partial charge in [-0.1, -0.05) is 18.2 Å². The van der Waals surface area contributed by atoms with E-state index in [1.165, 1.54) is 16.5 Å². The summed E-state index contributed by atoms with van der Waals surface area (Å²) in [5.41, 5.74) is 8.52. The third-order valence-electron chi connectivity index (χ3n) is 6.06. The van der Waals surface area contributed by atoms with Crippen LogP contribution in [0.2, 0.25) is 0 Å². The topological polar surface area (TPSA) is 60.7 Å². The Morgan fingerprint density at radius 1 is 1.33 bits per heavy atom. The highest BCUT2D eigenvalue weighted by molar-refractivity contribution is 6.00. The maximum absolute atomic E-state index is 12.7. The summed E-state index contributed by atoms with van der Waals surface area (Å²) in [5, 5.41) is 11.3. The van der Waals surface area contributed by atoms with Gasteiger partial charge in [-0.15, -0.1) is 0 Å². The first kappa shape index (κ1) is 18.1. The van der Waals surface area contributed by atoms with Crippen LogP contribution in [0.1, 0.15) is 37.1 Å². The third kappa shape index (κ3) is 2.75. The molecule has 0 saturated carbocycles. The maximum atomic E-state index is 12.7. The number of nitrogens with zero attached hydrogens (tertiary/aromatic N) is 3. The number of amides is 2. The predicted molar refractivity (Wildman–Crippen MR) is 108 cm³/mol. The number of hydrogen-bond acceptors (Lipinski definition) is 3. The second-order valence-corrected chi connectivity index (χ2v) is 7.36.